The second kappa shape index (κ2) is 7.08. The van der Waals surface area contributed by atoms with E-state index in [0.717, 1.165) is 13.1 Å². The molecule has 0 spiro atoms. The SMILES string of the molecule is CNCC(C)C(=O)NCC1(c2cccc(C)c2)CCCC1. The molecule has 1 atom stereocenters. The second-order valence-electron chi connectivity index (χ2n) is 6.53. The molecule has 0 heterocycles. The lowest BCUT2D eigenvalue weighted by molar-refractivity contribution is -0.124. The molecule has 1 unspecified atom stereocenters. The summed E-state index contributed by atoms with van der Waals surface area (Å²) in [5, 5.41) is 6.25. The fraction of sp³-hybridized carbons (Fsp3) is 0.611. The molecule has 116 valence electrons. The molecule has 3 nitrogen and oxygen atoms in total. The van der Waals surface area contributed by atoms with E-state index < -0.39 is 0 Å². The molecule has 0 radical (unpaired) electrons. The molecule has 1 saturated carbocycles. The van der Waals surface area contributed by atoms with Gasteiger partial charge in [0.1, 0.15) is 0 Å². The topological polar surface area (TPSA) is 41.1 Å². The predicted molar refractivity (Wildman–Crippen MR) is 87.4 cm³/mol. The van der Waals surface area contributed by atoms with Crippen molar-refractivity contribution in [2.45, 2.75) is 44.9 Å². The van der Waals surface area contributed by atoms with Crippen LogP contribution in [0.2, 0.25) is 0 Å². The highest BCUT2D eigenvalue weighted by atomic mass is 16.1. The van der Waals surface area contributed by atoms with Crippen LogP contribution in [0.4, 0.5) is 0 Å². The number of hydrogen-bond acceptors (Lipinski definition) is 2. The maximum Gasteiger partial charge on any atom is 0.224 e. The molecule has 1 aliphatic rings. The van der Waals surface area contributed by atoms with E-state index in [1.165, 1.54) is 36.8 Å². The zero-order valence-electron chi connectivity index (χ0n) is 13.5. The number of hydrogen-bond donors (Lipinski definition) is 2. The van der Waals surface area contributed by atoms with Gasteiger partial charge in [-0.05, 0) is 32.4 Å². The number of amides is 1. The van der Waals surface area contributed by atoms with Gasteiger partial charge in [0.2, 0.25) is 5.91 Å². The number of benzene rings is 1. The van der Waals surface area contributed by atoms with Crippen molar-refractivity contribution >= 4 is 5.91 Å². The molecule has 0 bridgehead atoms. The number of carbonyl (C=O) groups excluding carboxylic acids is 1. The van der Waals surface area contributed by atoms with Crippen LogP contribution in [0.5, 0.6) is 0 Å². The summed E-state index contributed by atoms with van der Waals surface area (Å²) in [6.45, 7) is 5.60. The molecule has 1 fully saturated rings. The molecular formula is C18H28N2O. The molecule has 0 aromatic heterocycles. The third kappa shape index (κ3) is 3.85. The standard InChI is InChI=1S/C18H28N2O/c1-14-7-6-8-16(11-14)18(9-4-5-10-18)13-20-17(21)15(2)12-19-3/h6-8,11,15,19H,4-5,9-10,12-13H2,1-3H3,(H,20,21). The van der Waals surface area contributed by atoms with Gasteiger partial charge in [-0.3, -0.25) is 4.79 Å². The minimum Gasteiger partial charge on any atom is -0.355 e. The quantitative estimate of drug-likeness (QED) is 0.845. The third-order valence-corrected chi connectivity index (χ3v) is 4.75. The zero-order chi connectivity index (χ0) is 15.3. The Bertz CT molecular complexity index is 478. The number of carbonyl (C=O) groups is 1. The van der Waals surface area contributed by atoms with Crippen molar-refractivity contribution in [1.82, 2.24) is 10.6 Å². The van der Waals surface area contributed by atoms with Crippen LogP contribution in [0.15, 0.2) is 24.3 Å². The van der Waals surface area contributed by atoms with E-state index >= 15 is 0 Å². The van der Waals surface area contributed by atoms with Crippen molar-refractivity contribution in [3.63, 3.8) is 0 Å². The van der Waals surface area contributed by atoms with Crippen LogP contribution < -0.4 is 10.6 Å². The van der Waals surface area contributed by atoms with Crippen molar-refractivity contribution in [3.8, 4) is 0 Å². The van der Waals surface area contributed by atoms with Crippen LogP contribution in [0, 0.1) is 12.8 Å². The van der Waals surface area contributed by atoms with E-state index in [9.17, 15) is 4.79 Å². The van der Waals surface area contributed by atoms with Gasteiger partial charge < -0.3 is 10.6 Å². The van der Waals surface area contributed by atoms with Gasteiger partial charge in [0.25, 0.3) is 0 Å². The third-order valence-electron chi connectivity index (χ3n) is 4.75. The minimum absolute atomic E-state index is 0.0194. The van der Waals surface area contributed by atoms with Crippen LogP contribution in [0.25, 0.3) is 0 Å². The maximum absolute atomic E-state index is 12.2. The Labute approximate surface area is 128 Å². The van der Waals surface area contributed by atoms with Gasteiger partial charge in [-0.15, -0.1) is 0 Å². The van der Waals surface area contributed by atoms with Gasteiger partial charge >= 0.3 is 0 Å². The smallest absolute Gasteiger partial charge is 0.224 e. The Kier molecular flexibility index (Phi) is 5.40. The first-order chi connectivity index (χ1) is 10.1. The highest BCUT2D eigenvalue weighted by Crippen LogP contribution is 2.40. The van der Waals surface area contributed by atoms with E-state index in [1.54, 1.807) is 0 Å². The van der Waals surface area contributed by atoms with Gasteiger partial charge in [-0.1, -0.05) is 49.6 Å². The summed E-state index contributed by atoms with van der Waals surface area (Å²) in [7, 11) is 1.88. The minimum atomic E-state index is 0.0194. The van der Waals surface area contributed by atoms with Crippen LogP contribution >= 0.6 is 0 Å². The number of rotatable bonds is 6. The fourth-order valence-corrected chi connectivity index (χ4v) is 3.42. The Morgan fingerprint density at radius 1 is 1.33 bits per heavy atom. The first kappa shape index (κ1) is 16.0. The van der Waals surface area contributed by atoms with E-state index in [2.05, 4.69) is 41.8 Å². The zero-order valence-corrected chi connectivity index (χ0v) is 13.5. The Balaban J connectivity index is 2.07. The van der Waals surface area contributed by atoms with Crippen molar-refractivity contribution in [2.24, 2.45) is 5.92 Å². The lowest BCUT2D eigenvalue weighted by Crippen LogP contribution is -2.42. The maximum atomic E-state index is 12.2. The van der Waals surface area contributed by atoms with Gasteiger partial charge in [-0.2, -0.15) is 0 Å². The van der Waals surface area contributed by atoms with E-state index in [4.69, 9.17) is 0 Å². The Morgan fingerprint density at radius 2 is 2.05 bits per heavy atom. The van der Waals surface area contributed by atoms with Gasteiger partial charge in [0.05, 0.1) is 0 Å². The molecule has 2 N–H and O–H groups in total. The van der Waals surface area contributed by atoms with Crippen LogP contribution in [-0.2, 0) is 10.2 Å². The van der Waals surface area contributed by atoms with Crippen molar-refractivity contribution in [3.05, 3.63) is 35.4 Å². The molecule has 1 amide bonds. The summed E-state index contributed by atoms with van der Waals surface area (Å²) in [4.78, 5) is 12.2. The number of aryl methyl sites for hydroxylation is 1. The summed E-state index contributed by atoms with van der Waals surface area (Å²) in [5.41, 5.74) is 2.83. The molecule has 0 aliphatic heterocycles. The molecule has 21 heavy (non-hydrogen) atoms. The largest absolute Gasteiger partial charge is 0.355 e. The van der Waals surface area contributed by atoms with Crippen molar-refractivity contribution in [1.29, 1.82) is 0 Å². The predicted octanol–water partition coefficient (Wildman–Crippen LogP) is 2.78. The normalized spacial score (nSPS) is 18.4. The summed E-state index contributed by atoms with van der Waals surface area (Å²) >= 11 is 0. The van der Waals surface area contributed by atoms with Crippen LogP contribution in [-0.4, -0.2) is 26.0 Å². The molecule has 0 saturated heterocycles. The van der Waals surface area contributed by atoms with E-state index in [-0.39, 0.29) is 17.2 Å². The summed E-state index contributed by atoms with van der Waals surface area (Å²) in [5.74, 6) is 0.175. The highest BCUT2D eigenvalue weighted by Gasteiger charge is 2.36. The monoisotopic (exact) mass is 288 g/mol. The van der Waals surface area contributed by atoms with Crippen molar-refractivity contribution < 1.29 is 4.79 Å². The second-order valence-corrected chi connectivity index (χ2v) is 6.53. The first-order valence-corrected chi connectivity index (χ1v) is 8.07. The lowest BCUT2D eigenvalue weighted by Gasteiger charge is -2.31. The van der Waals surface area contributed by atoms with E-state index in [1.807, 2.05) is 14.0 Å². The Hall–Kier alpha value is -1.35. The molecule has 1 aliphatic carbocycles. The van der Waals surface area contributed by atoms with Gasteiger partial charge in [0.15, 0.2) is 0 Å². The average molecular weight is 288 g/mol. The Morgan fingerprint density at radius 3 is 2.67 bits per heavy atom. The molecule has 1 aromatic rings. The average Bonchev–Trinajstić information content (AvgIpc) is 2.95. The number of nitrogens with one attached hydrogen (secondary N) is 2. The summed E-state index contributed by atoms with van der Waals surface area (Å²) in [6, 6.07) is 8.78. The molecule has 3 heteroatoms. The molecule has 1 aromatic carbocycles. The molecule has 2 rings (SSSR count). The lowest BCUT2D eigenvalue weighted by atomic mass is 9.78. The van der Waals surface area contributed by atoms with Gasteiger partial charge in [0, 0.05) is 24.4 Å². The fourth-order valence-electron chi connectivity index (χ4n) is 3.42. The first-order valence-electron chi connectivity index (χ1n) is 8.07. The highest BCUT2D eigenvalue weighted by molar-refractivity contribution is 5.78. The summed E-state index contributed by atoms with van der Waals surface area (Å²) < 4.78 is 0. The van der Waals surface area contributed by atoms with Gasteiger partial charge in [-0.25, -0.2) is 0 Å². The van der Waals surface area contributed by atoms with E-state index in [0.29, 0.717) is 0 Å². The summed E-state index contributed by atoms with van der Waals surface area (Å²) in [6.07, 6.45) is 4.88. The van der Waals surface area contributed by atoms with Crippen LogP contribution in [0.1, 0.15) is 43.7 Å². The molecular weight excluding hydrogens is 260 g/mol. The van der Waals surface area contributed by atoms with Crippen LogP contribution in [0.3, 0.4) is 0 Å². The van der Waals surface area contributed by atoms with Crippen molar-refractivity contribution in [2.75, 3.05) is 20.1 Å².